The average Bonchev–Trinajstić information content (AvgIpc) is 2.47. The summed E-state index contributed by atoms with van der Waals surface area (Å²) in [6, 6.07) is 7.86. The van der Waals surface area contributed by atoms with E-state index in [0.717, 1.165) is 12.0 Å². The van der Waals surface area contributed by atoms with Crippen molar-refractivity contribution in [1.29, 1.82) is 0 Å². The van der Waals surface area contributed by atoms with Crippen LogP contribution in [0, 0.1) is 5.92 Å². The number of carboxylic acids is 1. The lowest BCUT2D eigenvalue weighted by Gasteiger charge is -2.32. The van der Waals surface area contributed by atoms with E-state index in [4.69, 9.17) is 0 Å². The van der Waals surface area contributed by atoms with E-state index in [-0.39, 0.29) is 0 Å². The summed E-state index contributed by atoms with van der Waals surface area (Å²) in [7, 11) is 4.46. The Hall–Kier alpha value is -1.81. The van der Waals surface area contributed by atoms with E-state index >= 15 is 0 Å². The number of phenolic OH excluding ortho intramolecular Hbond substituents is 1. The average molecular weight is 319 g/mol. The van der Waals surface area contributed by atoms with E-state index < -0.39 is 5.97 Å². The van der Waals surface area contributed by atoms with Gasteiger partial charge in [-0.25, -0.2) is 0 Å². The summed E-state index contributed by atoms with van der Waals surface area (Å²) >= 11 is 0. The first kappa shape index (κ1) is 19.2. The van der Waals surface area contributed by atoms with Gasteiger partial charge >= 0.3 is 0 Å². The number of aromatic hydroxyl groups is 1. The number of carboxylic acid groups (broad SMARTS) is 1. The van der Waals surface area contributed by atoms with Crippen molar-refractivity contribution in [3.8, 4) is 5.75 Å². The number of aliphatic carboxylic acids is 1. The maximum absolute atomic E-state index is 9.61. The fourth-order valence-electron chi connectivity index (χ4n) is 3.31. The molecule has 1 fully saturated rings. The number of quaternary nitrogens is 1. The Kier molecular flexibility index (Phi) is 8.41. The van der Waals surface area contributed by atoms with Crippen LogP contribution in [0.15, 0.2) is 36.4 Å². The maximum Gasteiger partial charge on any atom is 0.115 e. The third-order valence-electron chi connectivity index (χ3n) is 4.18. The third kappa shape index (κ3) is 7.33. The molecule has 0 aliphatic heterocycles. The highest BCUT2D eigenvalue weighted by molar-refractivity contribution is 5.77. The molecular formula is C19H29NO3. The number of rotatable bonds is 4. The molecule has 2 unspecified atom stereocenters. The number of carbonyl (C=O) groups excluding carboxylic acids is 1. The second-order valence-corrected chi connectivity index (χ2v) is 6.48. The van der Waals surface area contributed by atoms with Crippen LogP contribution in [0.5, 0.6) is 5.75 Å². The highest BCUT2D eigenvalue weighted by atomic mass is 16.4. The Labute approximate surface area is 139 Å². The lowest BCUT2D eigenvalue weighted by atomic mass is 9.75. The summed E-state index contributed by atoms with van der Waals surface area (Å²) in [5, 5.41) is 19.0. The van der Waals surface area contributed by atoms with Crippen LogP contribution in [0.25, 0.3) is 0 Å². The smallest absolute Gasteiger partial charge is 0.115 e. The maximum atomic E-state index is 9.61. The third-order valence-corrected chi connectivity index (χ3v) is 4.18. The van der Waals surface area contributed by atoms with E-state index in [1.165, 1.54) is 48.8 Å². The summed E-state index contributed by atoms with van der Waals surface area (Å²) in [4.78, 5) is 10.9. The molecule has 0 aromatic heterocycles. The zero-order valence-electron chi connectivity index (χ0n) is 14.4. The second kappa shape index (κ2) is 10.1. The molecular weight excluding hydrogens is 290 g/mol. The normalized spacial score (nSPS) is 21.0. The number of carbonyl (C=O) groups is 1. The molecule has 1 aromatic carbocycles. The molecule has 128 valence electrons. The van der Waals surface area contributed by atoms with Gasteiger partial charge in [0.15, 0.2) is 0 Å². The first-order valence-corrected chi connectivity index (χ1v) is 8.35. The molecule has 0 heterocycles. The van der Waals surface area contributed by atoms with Gasteiger partial charge in [-0.05, 0) is 49.5 Å². The van der Waals surface area contributed by atoms with E-state index in [0.29, 0.717) is 11.7 Å². The minimum absolute atomic E-state index is 0.407. The predicted molar refractivity (Wildman–Crippen MR) is 90.3 cm³/mol. The number of hydrogen-bond donors (Lipinski definition) is 2. The zero-order chi connectivity index (χ0) is 17.2. The molecule has 1 saturated carbocycles. The Morgan fingerprint density at radius 3 is 2.57 bits per heavy atom. The Balaban J connectivity index is 0.000000379. The standard InChI is InChI=1S/C15H23NO.C4H6O2/c1-16(2)11-13-6-3-4-9-15(13)12-7-5-8-14(17)10-12;1-2-3-4(5)6/h5,7-8,10,13,15,17H,3-4,6,9,11H2,1-2H3;2-3H,1H3,(H,5,6)/b;3-2-. The molecule has 0 saturated heterocycles. The second-order valence-electron chi connectivity index (χ2n) is 6.48. The van der Waals surface area contributed by atoms with Crippen LogP contribution in [0.2, 0.25) is 0 Å². The number of phenols is 1. The van der Waals surface area contributed by atoms with Crippen molar-refractivity contribution in [2.75, 3.05) is 20.6 Å². The lowest BCUT2D eigenvalue weighted by Crippen LogP contribution is -3.06. The van der Waals surface area contributed by atoms with Gasteiger partial charge in [0.2, 0.25) is 0 Å². The van der Waals surface area contributed by atoms with Crippen LogP contribution in [-0.4, -0.2) is 31.7 Å². The first-order chi connectivity index (χ1) is 10.9. The van der Waals surface area contributed by atoms with Crippen LogP contribution in [0.4, 0.5) is 0 Å². The molecule has 1 aliphatic carbocycles. The molecule has 1 aromatic rings. The van der Waals surface area contributed by atoms with Crippen molar-refractivity contribution < 1.29 is 19.9 Å². The lowest BCUT2D eigenvalue weighted by molar-refractivity contribution is -0.862. The SMILES string of the molecule is C/C=C\C(=O)[O-].C[NH+](C)CC1CCCCC1c1cccc(O)c1. The molecule has 4 heteroatoms. The van der Waals surface area contributed by atoms with E-state index in [2.05, 4.69) is 20.2 Å². The first-order valence-electron chi connectivity index (χ1n) is 8.35. The Morgan fingerprint density at radius 1 is 1.35 bits per heavy atom. The molecule has 1 aliphatic rings. The van der Waals surface area contributed by atoms with Gasteiger partial charge in [0, 0.05) is 5.92 Å². The van der Waals surface area contributed by atoms with Gasteiger partial charge in [0.1, 0.15) is 5.75 Å². The molecule has 4 nitrogen and oxygen atoms in total. The van der Waals surface area contributed by atoms with Gasteiger partial charge in [-0.15, -0.1) is 0 Å². The van der Waals surface area contributed by atoms with Crippen molar-refractivity contribution in [3.63, 3.8) is 0 Å². The topological polar surface area (TPSA) is 64.8 Å². The van der Waals surface area contributed by atoms with Crippen molar-refractivity contribution in [2.24, 2.45) is 5.92 Å². The van der Waals surface area contributed by atoms with Gasteiger partial charge in [0.25, 0.3) is 0 Å². The van der Waals surface area contributed by atoms with Crippen molar-refractivity contribution in [1.82, 2.24) is 0 Å². The van der Waals surface area contributed by atoms with E-state index in [1.807, 2.05) is 12.1 Å². The minimum Gasteiger partial charge on any atom is -0.545 e. The highest BCUT2D eigenvalue weighted by Gasteiger charge is 2.28. The Morgan fingerprint density at radius 2 is 2.04 bits per heavy atom. The molecule has 23 heavy (non-hydrogen) atoms. The monoisotopic (exact) mass is 319 g/mol. The molecule has 0 amide bonds. The summed E-state index contributed by atoms with van der Waals surface area (Å²) in [6.45, 7) is 2.86. The summed E-state index contributed by atoms with van der Waals surface area (Å²) in [6.07, 6.45) is 7.70. The van der Waals surface area contributed by atoms with Crippen LogP contribution in [0.3, 0.4) is 0 Å². The molecule has 2 rings (SSSR count). The fourth-order valence-corrected chi connectivity index (χ4v) is 3.31. The quantitative estimate of drug-likeness (QED) is 0.818. The summed E-state index contributed by atoms with van der Waals surface area (Å²) in [5.41, 5.74) is 1.33. The largest absolute Gasteiger partial charge is 0.545 e. The number of allylic oxidation sites excluding steroid dienone is 1. The molecule has 0 spiro atoms. The summed E-state index contributed by atoms with van der Waals surface area (Å²) in [5.74, 6) is 0.683. The minimum atomic E-state index is -1.14. The fraction of sp³-hybridized carbons (Fsp3) is 0.526. The van der Waals surface area contributed by atoms with Gasteiger partial charge in [-0.1, -0.05) is 31.1 Å². The van der Waals surface area contributed by atoms with Crippen LogP contribution < -0.4 is 10.0 Å². The molecule has 2 N–H and O–H groups in total. The van der Waals surface area contributed by atoms with Crippen LogP contribution in [-0.2, 0) is 4.79 Å². The predicted octanol–water partition coefficient (Wildman–Crippen LogP) is 1.12. The van der Waals surface area contributed by atoms with Crippen molar-refractivity contribution in [3.05, 3.63) is 42.0 Å². The highest BCUT2D eigenvalue weighted by Crippen LogP contribution is 2.37. The van der Waals surface area contributed by atoms with Crippen LogP contribution >= 0.6 is 0 Å². The van der Waals surface area contributed by atoms with Crippen LogP contribution in [0.1, 0.15) is 44.1 Å². The number of benzene rings is 1. The van der Waals surface area contributed by atoms with Gasteiger partial charge in [-0.2, -0.15) is 0 Å². The molecule has 0 bridgehead atoms. The number of hydrogen-bond acceptors (Lipinski definition) is 3. The van der Waals surface area contributed by atoms with Crippen molar-refractivity contribution >= 4 is 5.97 Å². The van der Waals surface area contributed by atoms with Crippen molar-refractivity contribution in [2.45, 2.75) is 38.5 Å². The van der Waals surface area contributed by atoms with Gasteiger partial charge in [0.05, 0.1) is 26.6 Å². The Bertz CT molecular complexity index is 511. The van der Waals surface area contributed by atoms with E-state index in [1.54, 1.807) is 13.0 Å². The van der Waals surface area contributed by atoms with Gasteiger partial charge in [-0.3, -0.25) is 0 Å². The molecule has 0 radical (unpaired) electrons. The zero-order valence-corrected chi connectivity index (χ0v) is 14.4. The van der Waals surface area contributed by atoms with Gasteiger partial charge < -0.3 is 19.9 Å². The summed E-state index contributed by atoms with van der Waals surface area (Å²) < 4.78 is 0. The molecule has 2 atom stereocenters. The number of nitrogens with one attached hydrogen (secondary N) is 1. The van der Waals surface area contributed by atoms with E-state index in [9.17, 15) is 15.0 Å².